The zero-order valence-electron chi connectivity index (χ0n) is 12.3. The SMILES string of the molecule is CC1CCCC(C2C=CC(C(S)C(C)C)CC2)C1. The van der Waals surface area contributed by atoms with Gasteiger partial charge in [-0.2, -0.15) is 12.6 Å². The summed E-state index contributed by atoms with van der Waals surface area (Å²) >= 11 is 4.79. The first-order valence-electron chi connectivity index (χ1n) is 7.94. The van der Waals surface area contributed by atoms with Gasteiger partial charge in [0.1, 0.15) is 0 Å². The van der Waals surface area contributed by atoms with Gasteiger partial charge in [-0.3, -0.25) is 0 Å². The van der Waals surface area contributed by atoms with Crippen LogP contribution < -0.4 is 0 Å². The van der Waals surface area contributed by atoms with Gasteiger partial charge in [0.15, 0.2) is 0 Å². The van der Waals surface area contributed by atoms with E-state index in [1.165, 1.54) is 38.5 Å². The van der Waals surface area contributed by atoms with E-state index in [9.17, 15) is 0 Å². The molecule has 0 aromatic rings. The van der Waals surface area contributed by atoms with E-state index in [1.807, 2.05) is 0 Å². The minimum atomic E-state index is 0.549. The minimum absolute atomic E-state index is 0.549. The van der Waals surface area contributed by atoms with E-state index in [4.69, 9.17) is 12.6 Å². The van der Waals surface area contributed by atoms with Crippen LogP contribution >= 0.6 is 12.6 Å². The highest BCUT2D eigenvalue weighted by Gasteiger charge is 2.29. The number of hydrogen-bond acceptors (Lipinski definition) is 1. The van der Waals surface area contributed by atoms with Crippen LogP contribution in [0.15, 0.2) is 12.2 Å². The first-order chi connectivity index (χ1) is 8.58. The van der Waals surface area contributed by atoms with E-state index in [-0.39, 0.29) is 0 Å². The van der Waals surface area contributed by atoms with Gasteiger partial charge in [-0.05, 0) is 55.3 Å². The molecule has 2 aliphatic carbocycles. The minimum Gasteiger partial charge on any atom is -0.175 e. The molecular weight excluding hydrogens is 236 g/mol. The summed E-state index contributed by atoms with van der Waals surface area (Å²) in [6.45, 7) is 7.02. The van der Waals surface area contributed by atoms with Crippen molar-refractivity contribution in [2.75, 3.05) is 0 Å². The Morgan fingerprint density at radius 1 is 1.06 bits per heavy atom. The molecule has 2 rings (SSSR count). The fourth-order valence-electron chi connectivity index (χ4n) is 3.90. The van der Waals surface area contributed by atoms with E-state index in [0.29, 0.717) is 17.1 Å². The summed E-state index contributed by atoms with van der Waals surface area (Å²) in [6, 6.07) is 0. The lowest BCUT2D eigenvalue weighted by atomic mass is 9.71. The first-order valence-corrected chi connectivity index (χ1v) is 8.46. The van der Waals surface area contributed by atoms with Crippen molar-refractivity contribution in [3.8, 4) is 0 Å². The van der Waals surface area contributed by atoms with Crippen molar-refractivity contribution in [1.82, 2.24) is 0 Å². The van der Waals surface area contributed by atoms with E-state index in [0.717, 1.165) is 17.8 Å². The predicted molar refractivity (Wildman–Crippen MR) is 84.1 cm³/mol. The van der Waals surface area contributed by atoms with Gasteiger partial charge in [-0.1, -0.05) is 45.8 Å². The summed E-state index contributed by atoms with van der Waals surface area (Å²) in [5.74, 6) is 4.21. The van der Waals surface area contributed by atoms with Crippen molar-refractivity contribution < 1.29 is 0 Å². The second-order valence-corrected chi connectivity index (χ2v) is 7.65. The molecule has 18 heavy (non-hydrogen) atoms. The molecule has 0 aromatic heterocycles. The lowest BCUT2D eigenvalue weighted by molar-refractivity contribution is 0.211. The van der Waals surface area contributed by atoms with E-state index < -0.39 is 0 Å². The molecule has 2 aliphatic rings. The molecule has 1 heteroatoms. The molecule has 0 saturated heterocycles. The lowest BCUT2D eigenvalue weighted by Gasteiger charge is -2.36. The summed E-state index contributed by atoms with van der Waals surface area (Å²) in [4.78, 5) is 0. The number of rotatable bonds is 3. The maximum absolute atomic E-state index is 4.79. The van der Waals surface area contributed by atoms with Crippen LogP contribution in [0.25, 0.3) is 0 Å². The summed E-state index contributed by atoms with van der Waals surface area (Å²) < 4.78 is 0. The highest BCUT2D eigenvalue weighted by atomic mass is 32.1. The maximum Gasteiger partial charge on any atom is 0.0103 e. The molecule has 0 radical (unpaired) electrons. The topological polar surface area (TPSA) is 0 Å². The van der Waals surface area contributed by atoms with Gasteiger partial charge >= 0.3 is 0 Å². The quantitative estimate of drug-likeness (QED) is 0.516. The molecule has 0 aromatic carbocycles. The zero-order chi connectivity index (χ0) is 13.1. The summed E-state index contributed by atoms with van der Waals surface area (Å²) in [5, 5.41) is 0.549. The van der Waals surface area contributed by atoms with Crippen LogP contribution in [0.4, 0.5) is 0 Å². The summed E-state index contributed by atoms with van der Waals surface area (Å²) in [6.07, 6.45) is 13.7. The van der Waals surface area contributed by atoms with Crippen LogP contribution in [-0.2, 0) is 0 Å². The monoisotopic (exact) mass is 266 g/mol. The van der Waals surface area contributed by atoms with Crippen LogP contribution in [0.1, 0.15) is 59.3 Å². The second kappa shape index (κ2) is 6.50. The van der Waals surface area contributed by atoms with Gasteiger partial charge < -0.3 is 0 Å². The Bertz CT molecular complexity index is 281. The zero-order valence-corrected chi connectivity index (χ0v) is 13.2. The smallest absolute Gasteiger partial charge is 0.0103 e. The highest BCUT2D eigenvalue weighted by molar-refractivity contribution is 7.81. The van der Waals surface area contributed by atoms with Crippen molar-refractivity contribution in [1.29, 1.82) is 0 Å². The summed E-state index contributed by atoms with van der Waals surface area (Å²) in [5.41, 5.74) is 0. The largest absolute Gasteiger partial charge is 0.175 e. The van der Waals surface area contributed by atoms with Gasteiger partial charge in [0.05, 0.1) is 0 Å². The molecule has 5 atom stereocenters. The average molecular weight is 266 g/mol. The highest BCUT2D eigenvalue weighted by Crippen LogP contribution is 2.40. The van der Waals surface area contributed by atoms with Crippen LogP contribution in [0.5, 0.6) is 0 Å². The van der Waals surface area contributed by atoms with Crippen molar-refractivity contribution in [2.45, 2.75) is 64.5 Å². The Balaban J connectivity index is 1.89. The first kappa shape index (κ1) is 14.5. The van der Waals surface area contributed by atoms with Crippen LogP contribution in [0.3, 0.4) is 0 Å². The molecule has 104 valence electrons. The molecule has 0 aliphatic heterocycles. The van der Waals surface area contributed by atoms with Gasteiger partial charge in [0, 0.05) is 5.25 Å². The third-order valence-corrected chi connectivity index (χ3v) is 6.12. The molecule has 1 saturated carbocycles. The van der Waals surface area contributed by atoms with E-state index >= 15 is 0 Å². The Morgan fingerprint density at radius 2 is 1.83 bits per heavy atom. The number of allylic oxidation sites excluding steroid dienone is 2. The number of hydrogen-bond donors (Lipinski definition) is 1. The fourth-order valence-corrected chi connectivity index (χ4v) is 4.15. The molecular formula is C17H30S. The van der Waals surface area contributed by atoms with Gasteiger partial charge in [0.2, 0.25) is 0 Å². The second-order valence-electron chi connectivity index (χ2n) is 7.06. The fraction of sp³-hybridized carbons (Fsp3) is 0.882. The molecule has 1 fully saturated rings. The molecule has 0 N–H and O–H groups in total. The molecule has 0 bridgehead atoms. The Hall–Kier alpha value is 0.0900. The van der Waals surface area contributed by atoms with E-state index in [1.54, 1.807) is 0 Å². The predicted octanol–water partition coefficient (Wildman–Crippen LogP) is 5.35. The Kier molecular flexibility index (Phi) is 5.24. The average Bonchev–Trinajstić information content (AvgIpc) is 2.38. The standard InChI is InChI=1S/C17H30S/c1-12(2)17(18)15-9-7-14(8-10-15)16-6-4-5-13(3)11-16/h7,9,12-18H,4-6,8,10-11H2,1-3H3. The molecule has 0 heterocycles. The molecule has 0 nitrogen and oxygen atoms in total. The normalized spacial score (nSPS) is 38.9. The van der Waals surface area contributed by atoms with Gasteiger partial charge in [-0.25, -0.2) is 0 Å². The molecule has 0 amide bonds. The third-order valence-electron chi connectivity index (χ3n) is 5.14. The molecule has 0 spiro atoms. The number of thiol groups is 1. The van der Waals surface area contributed by atoms with Crippen molar-refractivity contribution >= 4 is 12.6 Å². The Labute approximate surface area is 119 Å². The van der Waals surface area contributed by atoms with Crippen LogP contribution in [0, 0.1) is 29.6 Å². The van der Waals surface area contributed by atoms with Gasteiger partial charge in [0.25, 0.3) is 0 Å². The third kappa shape index (κ3) is 3.56. The molecule has 5 unspecified atom stereocenters. The maximum atomic E-state index is 4.79. The van der Waals surface area contributed by atoms with Crippen molar-refractivity contribution in [3.05, 3.63) is 12.2 Å². The summed E-state index contributed by atoms with van der Waals surface area (Å²) in [7, 11) is 0. The van der Waals surface area contributed by atoms with Crippen LogP contribution in [-0.4, -0.2) is 5.25 Å². The van der Waals surface area contributed by atoms with Crippen LogP contribution in [0.2, 0.25) is 0 Å². The van der Waals surface area contributed by atoms with E-state index in [2.05, 4.69) is 32.9 Å². The Morgan fingerprint density at radius 3 is 2.39 bits per heavy atom. The van der Waals surface area contributed by atoms with Crippen molar-refractivity contribution in [2.24, 2.45) is 29.6 Å². The van der Waals surface area contributed by atoms with Crippen molar-refractivity contribution in [3.63, 3.8) is 0 Å². The lowest BCUT2D eigenvalue weighted by Crippen LogP contribution is -2.27. The van der Waals surface area contributed by atoms with Gasteiger partial charge in [-0.15, -0.1) is 0 Å².